The lowest BCUT2D eigenvalue weighted by molar-refractivity contribution is -0.122. The molecule has 0 spiro atoms. The zero-order chi connectivity index (χ0) is 24.8. The van der Waals surface area contributed by atoms with E-state index >= 15 is 0 Å². The molecule has 0 aliphatic carbocycles. The minimum Gasteiger partial charge on any atom is -0.493 e. The van der Waals surface area contributed by atoms with Crippen LogP contribution in [-0.4, -0.2) is 29.6 Å². The van der Waals surface area contributed by atoms with Gasteiger partial charge in [-0.2, -0.15) is 0 Å². The fourth-order valence-electron chi connectivity index (χ4n) is 3.70. The summed E-state index contributed by atoms with van der Waals surface area (Å²) in [6, 6.07) is 21.8. The first-order valence-electron chi connectivity index (χ1n) is 11.5. The standard InChI is InChI=1S/C28H27BrN2O3S/c1-4-20-13-9-10-14-23(20)30-28-31(5-2)27(32)26(35-28)16-21-15-24(33-3)25(17-22(21)29)34-18-19-11-7-6-8-12-19/h6-17H,4-5,18H2,1-3H3/b26-16+,30-28?. The van der Waals surface area contributed by atoms with Gasteiger partial charge in [0, 0.05) is 11.0 Å². The average molecular weight is 552 g/mol. The van der Waals surface area contributed by atoms with Crippen LogP contribution in [0.4, 0.5) is 5.69 Å². The summed E-state index contributed by atoms with van der Waals surface area (Å²) in [6.07, 6.45) is 2.75. The number of hydrogen-bond acceptors (Lipinski definition) is 5. The quantitative estimate of drug-likeness (QED) is 0.278. The fourth-order valence-corrected chi connectivity index (χ4v) is 5.19. The smallest absolute Gasteiger partial charge is 0.266 e. The van der Waals surface area contributed by atoms with E-state index in [2.05, 4.69) is 28.9 Å². The van der Waals surface area contributed by atoms with Gasteiger partial charge in [0.05, 0.1) is 17.7 Å². The number of hydrogen-bond donors (Lipinski definition) is 0. The second-order valence-electron chi connectivity index (χ2n) is 7.84. The molecule has 0 unspecified atom stereocenters. The number of likely N-dealkylation sites (N-methyl/N-ethyl adjacent to an activating group) is 1. The van der Waals surface area contributed by atoms with Gasteiger partial charge in [0.25, 0.3) is 5.91 Å². The van der Waals surface area contributed by atoms with Gasteiger partial charge in [-0.05, 0) is 66.1 Å². The highest BCUT2D eigenvalue weighted by molar-refractivity contribution is 9.10. The molecular weight excluding hydrogens is 524 g/mol. The number of aryl methyl sites for hydroxylation is 1. The number of ether oxygens (including phenoxy) is 2. The Morgan fingerprint density at radius 3 is 2.49 bits per heavy atom. The molecule has 1 aliphatic rings. The summed E-state index contributed by atoms with van der Waals surface area (Å²) in [4.78, 5) is 20.3. The molecule has 0 saturated carbocycles. The Morgan fingerprint density at radius 2 is 1.77 bits per heavy atom. The van der Waals surface area contributed by atoms with Gasteiger partial charge < -0.3 is 9.47 Å². The van der Waals surface area contributed by atoms with Gasteiger partial charge in [-0.25, -0.2) is 4.99 Å². The number of benzene rings is 3. The molecule has 35 heavy (non-hydrogen) atoms. The van der Waals surface area contributed by atoms with Crippen LogP contribution in [0.25, 0.3) is 6.08 Å². The van der Waals surface area contributed by atoms with Gasteiger partial charge in [-0.1, -0.05) is 71.4 Å². The molecule has 1 heterocycles. The van der Waals surface area contributed by atoms with Crippen LogP contribution in [-0.2, 0) is 17.8 Å². The highest BCUT2D eigenvalue weighted by atomic mass is 79.9. The number of carbonyl (C=O) groups excluding carboxylic acids is 1. The van der Waals surface area contributed by atoms with Crippen molar-refractivity contribution in [1.29, 1.82) is 0 Å². The van der Waals surface area contributed by atoms with Gasteiger partial charge in [-0.15, -0.1) is 0 Å². The first kappa shape index (κ1) is 25.1. The number of carbonyl (C=O) groups is 1. The van der Waals surface area contributed by atoms with E-state index in [0.29, 0.717) is 34.7 Å². The van der Waals surface area contributed by atoms with Gasteiger partial charge in [0.1, 0.15) is 6.61 Å². The Morgan fingerprint density at radius 1 is 1.03 bits per heavy atom. The third-order valence-corrected chi connectivity index (χ3v) is 7.29. The lowest BCUT2D eigenvalue weighted by Crippen LogP contribution is -2.28. The minimum atomic E-state index is -0.0551. The number of aliphatic imine (C=N–C) groups is 1. The normalized spacial score (nSPS) is 15.8. The third kappa shape index (κ3) is 5.80. The minimum absolute atomic E-state index is 0.0551. The van der Waals surface area contributed by atoms with Crippen LogP contribution in [0.15, 0.2) is 81.1 Å². The summed E-state index contributed by atoms with van der Waals surface area (Å²) in [5, 5.41) is 0.690. The van der Waals surface area contributed by atoms with Crippen molar-refractivity contribution in [2.75, 3.05) is 13.7 Å². The highest BCUT2D eigenvalue weighted by Gasteiger charge is 2.32. The molecular formula is C28H27BrN2O3S. The van der Waals surface area contributed by atoms with Crippen LogP contribution >= 0.6 is 27.7 Å². The Bertz CT molecular complexity index is 1270. The maximum absolute atomic E-state index is 13.2. The third-order valence-electron chi connectivity index (χ3n) is 5.60. The molecule has 1 aliphatic heterocycles. The topological polar surface area (TPSA) is 51.1 Å². The number of nitrogens with zero attached hydrogens (tertiary/aromatic N) is 2. The molecule has 1 fully saturated rings. The summed E-state index contributed by atoms with van der Waals surface area (Å²) in [5.74, 6) is 1.18. The molecule has 5 nitrogen and oxygen atoms in total. The summed E-state index contributed by atoms with van der Waals surface area (Å²) >= 11 is 5.03. The van der Waals surface area contributed by atoms with Crippen molar-refractivity contribution >= 4 is 50.5 Å². The molecule has 3 aromatic carbocycles. The largest absolute Gasteiger partial charge is 0.493 e. The van der Waals surface area contributed by atoms with Gasteiger partial charge in [0.2, 0.25) is 0 Å². The van der Waals surface area contributed by atoms with Crippen molar-refractivity contribution < 1.29 is 14.3 Å². The van der Waals surface area contributed by atoms with Crippen molar-refractivity contribution in [3.8, 4) is 11.5 Å². The van der Waals surface area contributed by atoms with E-state index in [1.807, 2.05) is 73.7 Å². The van der Waals surface area contributed by atoms with Gasteiger partial charge in [0.15, 0.2) is 16.7 Å². The van der Waals surface area contributed by atoms with E-state index in [9.17, 15) is 4.79 Å². The summed E-state index contributed by atoms with van der Waals surface area (Å²) in [5.41, 5.74) is 3.95. The van der Waals surface area contributed by atoms with Crippen LogP contribution in [0.2, 0.25) is 0 Å². The van der Waals surface area contributed by atoms with E-state index in [-0.39, 0.29) is 5.91 Å². The van der Waals surface area contributed by atoms with Crippen molar-refractivity contribution in [2.45, 2.75) is 26.9 Å². The predicted octanol–water partition coefficient (Wildman–Crippen LogP) is 7.22. The molecule has 3 aromatic rings. The Balaban J connectivity index is 1.61. The van der Waals surface area contributed by atoms with Crippen LogP contribution < -0.4 is 9.47 Å². The molecule has 0 atom stereocenters. The van der Waals surface area contributed by atoms with Crippen LogP contribution in [0.3, 0.4) is 0 Å². The summed E-state index contributed by atoms with van der Waals surface area (Å²) in [7, 11) is 1.61. The van der Waals surface area contributed by atoms with Crippen molar-refractivity contribution in [3.05, 3.63) is 92.8 Å². The van der Waals surface area contributed by atoms with E-state index in [1.54, 1.807) is 12.0 Å². The first-order chi connectivity index (χ1) is 17.0. The molecule has 180 valence electrons. The second-order valence-corrected chi connectivity index (χ2v) is 9.70. The SMILES string of the molecule is CCc1ccccc1N=C1S/C(=C/c2cc(OC)c(OCc3ccccc3)cc2Br)C(=O)N1CC. The van der Waals surface area contributed by atoms with E-state index in [0.717, 1.165) is 33.3 Å². The van der Waals surface area contributed by atoms with Crippen LogP contribution in [0.5, 0.6) is 11.5 Å². The highest BCUT2D eigenvalue weighted by Crippen LogP contribution is 2.39. The number of methoxy groups -OCH3 is 1. The molecule has 0 N–H and O–H groups in total. The monoisotopic (exact) mass is 550 g/mol. The number of amidine groups is 1. The Hall–Kier alpha value is -3.03. The molecule has 1 saturated heterocycles. The number of halogens is 1. The second kappa shape index (κ2) is 11.6. The fraction of sp³-hybridized carbons (Fsp3) is 0.214. The Kier molecular flexibility index (Phi) is 8.31. The van der Waals surface area contributed by atoms with Crippen molar-refractivity contribution in [1.82, 2.24) is 4.90 Å². The molecule has 4 rings (SSSR count). The van der Waals surface area contributed by atoms with Crippen LogP contribution in [0.1, 0.15) is 30.5 Å². The zero-order valence-corrected chi connectivity index (χ0v) is 22.4. The van der Waals surface area contributed by atoms with E-state index < -0.39 is 0 Å². The average Bonchev–Trinajstić information content (AvgIpc) is 3.18. The maximum atomic E-state index is 13.2. The molecule has 0 aromatic heterocycles. The zero-order valence-electron chi connectivity index (χ0n) is 20.0. The van der Waals surface area contributed by atoms with Gasteiger partial charge in [-0.3, -0.25) is 9.69 Å². The van der Waals surface area contributed by atoms with Crippen LogP contribution in [0, 0.1) is 0 Å². The molecule has 0 radical (unpaired) electrons. The lowest BCUT2D eigenvalue weighted by atomic mass is 10.1. The number of para-hydroxylation sites is 1. The molecule has 1 amide bonds. The van der Waals surface area contributed by atoms with E-state index in [1.165, 1.54) is 11.8 Å². The predicted molar refractivity (Wildman–Crippen MR) is 147 cm³/mol. The summed E-state index contributed by atoms with van der Waals surface area (Å²) in [6.45, 7) is 5.05. The van der Waals surface area contributed by atoms with Crippen molar-refractivity contribution in [2.24, 2.45) is 4.99 Å². The first-order valence-corrected chi connectivity index (χ1v) is 13.1. The maximum Gasteiger partial charge on any atom is 0.266 e. The number of amides is 1. The number of rotatable bonds is 8. The van der Waals surface area contributed by atoms with Gasteiger partial charge >= 0.3 is 0 Å². The number of thioether (sulfide) groups is 1. The molecule has 7 heteroatoms. The van der Waals surface area contributed by atoms with Crippen molar-refractivity contribution in [3.63, 3.8) is 0 Å². The lowest BCUT2D eigenvalue weighted by Gasteiger charge is -2.13. The summed E-state index contributed by atoms with van der Waals surface area (Å²) < 4.78 is 12.4. The Labute approximate surface area is 219 Å². The van der Waals surface area contributed by atoms with E-state index in [4.69, 9.17) is 14.5 Å². The molecule has 0 bridgehead atoms.